The molecule has 0 spiro atoms. The Bertz CT molecular complexity index is 774. The third kappa shape index (κ3) is 3.20. The minimum atomic E-state index is 0.102. The number of aryl methyl sites for hydroxylation is 1. The van der Waals surface area contributed by atoms with Crippen LogP contribution < -0.4 is 5.32 Å². The third-order valence-corrected chi connectivity index (χ3v) is 3.41. The average molecular weight is 366 g/mol. The summed E-state index contributed by atoms with van der Waals surface area (Å²) in [6, 6.07) is 7.68. The lowest BCUT2D eigenvalue weighted by atomic mass is 10.2. The van der Waals surface area contributed by atoms with E-state index in [0.717, 1.165) is 15.7 Å². The number of benzene rings is 1. The van der Waals surface area contributed by atoms with Gasteiger partial charge in [0.25, 0.3) is 5.95 Å². The normalized spacial score (nSPS) is 10.6. The van der Waals surface area contributed by atoms with Gasteiger partial charge in [-0.2, -0.15) is 20.1 Å². The Labute approximate surface area is 134 Å². The third-order valence-electron chi connectivity index (χ3n) is 2.75. The van der Waals surface area contributed by atoms with Gasteiger partial charge in [0, 0.05) is 22.6 Å². The van der Waals surface area contributed by atoms with E-state index in [0.29, 0.717) is 11.9 Å². The molecule has 2 aromatic heterocycles. The van der Waals surface area contributed by atoms with E-state index in [2.05, 4.69) is 41.3 Å². The van der Waals surface area contributed by atoms with Crippen molar-refractivity contribution in [3.63, 3.8) is 0 Å². The van der Waals surface area contributed by atoms with Gasteiger partial charge in [0.2, 0.25) is 11.2 Å². The molecule has 1 N–H and O–H groups in total. The highest BCUT2D eigenvalue weighted by Gasteiger charge is 2.08. The van der Waals surface area contributed by atoms with Gasteiger partial charge in [-0.25, -0.2) is 4.68 Å². The highest BCUT2D eigenvalue weighted by Crippen LogP contribution is 2.23. The van der Waals surface area contributed by atoms with E-state index < -0.39 is 0 Å². The lowest BCUT2D eigenvalue weighted by Gasteiger charge is -2.09. The minimum Gasteiger partial charge on any atom is -0.324 e. The summed E-state index contributed by atoms with van der Waals surface area (Å²) in [6.45, 7) is 1.99. The largest absolute Gasteiger partial charge is 0.324 e. The summed E-state index contributed by atoms with van der Waals surface area (Å²) in [5.74, 6) is 0.719. The molecular weight excluding hydrogens is 356 g/mol. The van der Waals surface area contributed by atoms with Gasteiger partial charge in [-0.1, -0.05) is 22.0 Å². The predicted octanol–water partition coefficient (Wildman–Crippen LogP) is 3.53. The number of anilines is 2. The van der Waals surface area contributed by atoms with E-state index in [1.807, 2.05) is 25.1 Å². The molecule has 2 heterocycles. The van der Waals surface area contributed by atoms with Crippen LogP contribution in [0.1, 0.15) is 5.56 Å². The molecule has 0 atom stereocenters. The molecule has 0 bridgehead atoms. The van der Waals surface area contributed by atoms with Crippen molar-refractivity contribution in [1.82, 2.24) is 24.7 Å². The molecule has 3 rings (SSSR count). The Morgan fingerprint density at radius 3 is 2.86 bits per heavy atom. The summed E-state index contributed by atoms with van der Waals surface area (Å²) >= 11 is 9.39. The van der Waals surface area contributed by atoms with Crippen LogP contribution in [-0.2, 0) is 0 Å². The van der Waals surface area contributed by atoms with Crippen LogP contribution in [0.15, 0.2) is 41.1 Å². The Hall–Kier alpha value is -1.99. The fourth-order valence-corrected chi connectivity index (χ4v) is 2.25. The molecule has 0 saturated carbocycles. The van der Waals surface area contributed by atoms with Crippen LogP contribution in [0.25, 0.3) is 5.95 Å². The molecule has 0 aliphatic rings. The average Bonchev–Trinajstić information content (AvgIpc) is 2.96. The quantitative estimate of drug-likeness (QED) is 0.769. The smallest absolute Gasteiger partial charge is 0.256 e. The fourth-order valence-electron chi connectivity index (χ4n) is 1.73. The second kappa shape index (κ2) is 5.79. The van der Waals surface area contributed by atoms with Crippen molar-refractivity contribution in [2.45, 2.75) is 6.92 Å². The van der Waals surface area contributed by atoms with Crippen LogP contribution >= 0.6 is 27.5 Å². The second-order valence-corrected chi connectivity index (χ2v) is 5.52. The Morgan fingerprint density at radius 1 is 1.24 bits per heavy atom. The summed E-state index contributed by atoms with van der Waals surface area (Å²) in [7, 11) is 0. The first-order valence-corrected chi connectivity index (χ1v) is 7.24. The molecule has 8 heteroatoms. The molecule has 0 amide bonds. The number of rotatable bonds is 3. The maximum atomic E-state index is 5.95. The molecule has 0 aliphatic heterocycles. The Kier molecular flexibility index (Phi) is 3.85. The Balaban J connectivity index is 1.97. The van der Waals surface area contributed by atoms with Crippen LogP contribution in [0.4, 0.5) is 11.6 Å². The number of nitrogens with one attached hydrogen (secondary N) is 1. The van der Waals surface area contributed by atoms with E-state index >= 15 is 0 Å². The maximum Gasteiger partial charge on any atom is 0.256 e. The summed E-state index contributed by atoms with van der Waals surface area (Å²) < 4.78 is 2.48. The van der Waals surface area contributed by atoms with Crippen molar-refractivity contribution in [2.24, 2.45) is 0 Å². The van der Waals surface area contributed by atoms with Crippen molar-refractivity contribution in [3.8, 4) is 5.95 Å². The molecule has 106 valence electrons. The highest BCUT2D eigenvalue weighted by atomic mass is 79.9. The standard InChI is InChI=1S/C13H10BrClN6/c1-8-3-4-9(14)7-10(8)17-12-18-11(15)19-13(20-12)21-6-2-5-16-21/h2-7H,1H3,(H,17,18,19,20). The van der Waals surface area contributed by atoms with Crippen molar-refractivity contribution < 1.29 is 0 Å². The van der Waals surface area contributed by atoms with Gasteiger partial charge in [0.15, 0.2) is 0 Å². The second-order valence-electron chi connectivity index (χ2n) is 4.26. The minimum absolute atomic E-state index is 0.102. The van der Waals surface area contributed by atoms with Crippen LogP contribution in [0.3, 0.4) is 0 Å². The molecule has 0 unspecified atom stereocenters. The molecule has 3 aromatic rings. The first-order chi connectivity index (χ1) is 10.1. The zero-order chi connectivity index (χ0) is 14.8. The molecule has 21 heavy (non-hydrogen) atoms. The summed E-state index contributed by atoms with van der Waals surface area (Å²) in [5.41, 5.74) is 1.95. The van der Waals surface area contributed by atoms with Crippen LogP contribution in [0.5, 0.6) is 0 Å². The maximum absolute atomic E-state index is 5.95. The number of hydrogen-bond acceptors (Lipinski definition) is 5. The van der Waals surface area contributed by atoms with Crippen molar-refractivity contribution in [1.29, 1.82) is 0 Å². The van der Waals surface area contributed by atoms with Gasteiger partial charge in [-0.05, 0) is 42.3 Å². The lowest BCUT2D eigenvalue weighted by Crippen LogP contribution is -2.07. The van der Waals surface area contributed by atoms with Crippen LogP contribution in [0, 0.1) is 6.92 Å². The first-order valence-electron chi connectivity index (χ1n) is 6.06. The van der Waals surface area contributed by atoms with Crippen LogP contribution in [0.2, 0.25) is 5.28 Å². The number of halogens is 2. The monoisotopic (exact) mass is 364 g/mol. The predicted molar refractivity (Wildman–Crippen MR) is 84.1 cm³/mol. The molecule has 0 fully saturated rings. The molecular formula is C13H10BrClN6. The van der Waals surface area contributed by atoms with Gasteiger partial charge in [0.1, 0.15) is 0 Å². The van der Waals surface area contributed by atoms with E-state index in [1.165, 1.54) is 4.68 Å². The molecule has 0 radical (unpaired) electrons. The van der Waals surface area contributed by atoms with Gasteiger partial charge in [-0.15, -0.1) is 0 Å². The van der Waals surface area contributed by atoms with E-state index in [-0.39, 0.29) is 5.28 Å². The van der Waals surface area contributed by atoms with Gasteiger partial charge >= 0.3 is 0 Å². The number of hydrogen-bond donors (Lipinski definition) is 1. The van der Waals surface area contributed by atoms with Crippen molar-refractivity contribution in [2.75, 3.05) is 5.32 Å². The molecule has 0 aliphatic carbocycles. The zero-order valence-electron chi connectivity index (χ0n) is 11.0. The molecule has 0 saturated heterocycles. The fraction of sp³-hybridized carbons (Fsp3) is 0.0769. The van der Waals surface area contributed by atoms with Gasteiger partial charge in [-0.3, -0.25) is 0 Å². The lowest BCUT2D eigenvalue weighted by molar-refractivity contribution is 0.798. The highest BCUT2D eigenvalue weighted by molar-refractivity contribution is 9.10. The molecule has 6 nitrogen and oxygen atoms in total. The zero-order valence-corrected chi connectivity index (χ0v) is 13.3. The van der Waals surface area contributed by atoms with E-state index in [9.17, 15) is 0 Å². The Morgan fingerprint density at radius 2 is 2.10 bits per heavy atom. The molecule has 1 aromatic carbocycles. The SMILES string of the molecule is Cc1ccc(Br)cc1Nc1nc(Cl)nc(-n2cccn2)n1. The van der Waals surface area contributed by atoms with Crippen molar-refractivity contribution >= 4 is 39.2 Å². The van der Waals surface area contributed by atoms with E-state index in [1.54, 1.807) is 18.5 Å². The summed E-state index contributed by atoms with van der Waals surface area (Å²) in [6.07, 6.45) is 3.38. The van der Waals surface area contributed by atoms with Gasteiger partial charge in [0.05, 0.1) is 0 Å². The number of nitrogens with zero attached hydrogens (tertiary/aromatic N) is 5. The first kappa shape index (κ1) is 14.0. The number of aromatic nitrogens is 5. The van der Waals surface area contributed by atoms with E-state index in [4.69, 9.17) is 11.6 Å². The summed E-state index contributed by atoms with van der Waals surface area (Å²) in [4.78, 5) is 12.4. The topological polar surface area (TPSA) is 68.5 Å². The summed E-state index contributed by atoms with van der Waals surface area (Å²) in [5, 5.41) is 7.32. The van der Waals surface area contributed by atoms with Gasteiger partial charge < -0.3 is 5.32 Å². The van der Waals surface area contributed by atoms with Crippen LogP contribution in [-0.4, -0.2) is 24.7 Å². The van der Waals surface area contributed by atoms with Crippen molar-refractivity contribution in [3.05, 3.63) is 52.0 Å².